The second kappa shape index (κ2) is 46.5. The van der Waals surface area contributed by atoms with Gasteiger partial charge in [-0.1, -0.05) is 160 Å². The fraction of sp³-hybridized carbons (Fsp3) is 1.00. The maximum atomic E-state index is 7.17. The lowest BCUT2D eigenvalue weighted by molar-refractivity contribution is -0.929. The van der Waals surface area contributed by atoms with E-state index in [0.717, 1.165) is 0 Å². The molecule has 3 N–H and O–H groups in total. The van der Waals surface area contributed by atoms with Crippen molar-refractivity contribution in [1.29, 1.82) is 0 Å². The average Bonchev–Trinajstić information content (AvgIpc) is 3.19. The molecule has 0 amide bonds. The quantitative estimate of drug-likeness (QED) is 0.0438. The Morgan fingerprint density at radius 3 is 0.345 bits per heavy atom. The van der Waals surface area contributed by atoms with Crippen LogP contribution in [0.4, 0.5) is 0 Å². The summed E-state index contributed by atoms with van der Waals surface area (Å²) in [5.74, 6) is 0. The zero-order valence-corrected chi connectivity index (χ0v) is 40.7. The van der Waals surface area contributed by atoms with Gasteiger partial charge >= 0.3 is 7.32 Å². The topological polar surface area (TPSA) is 60.7 Å². The molecule has 0 fully saturated rings. The first-order chi connectivity index (χ1) is 26.5. The summed E-state index contributed by atoms with van der Waals surface area (Å²) in [5.41, 5.74) is 0. The zero-order chi connectivity index (χ0) is 42.5. The highest BCUT2D eigenvalue weighted by atomic mass is 16.5. The SMILES string of the molecule is CCCC[N+](CCCC)(CCCC)CCCC.CCCC[N+](CCCC)(CCCC)CCCC.CCCC[N+](CCCC)(CCCC)CCCC.OB(O)O. The van der Waals surface area contributed by atoms with E-state index in [9.17, 15) is 0 Å². The normalized spacial score (nSPS) is 11.6. The molecule has 0 aromatic rings. The number of hydrogen-bond donors (Lipinski definition) is 3. The van der Waals surface area contributed by atoms with Crippen molar-refractivity contribution in [2.75, 3.05) is 78.5 Å². The molecule has 0 aromatic carbocycles. The first kappa shape index (κ1) is 61.5. The lowest BCUT2D eigenvalue weighted by Crippen LogP contribution is -2.50. The largest absolute Gasteiger partial charge is 0.631 e. The lowest BCUT2D eigenvalue weighted by atomic mass is 10.1. The molecule has 0 rings (SSSR count). The first-order valence-electron chi connectivity index (χ1n) is 25.1. The summed E-state index contributed by atoms with van der Waals surface area (Å²) < 4.78 is 4.26. The number of quaternary nitrogens is 3. The van der Waals surface area contributed by atoms with Crippen LogP contribution in [0.5, 0.6) is 0 Å². The second-order valence-corrected chi connectivity index (χ2v) is 17.3. The molecule has 0 aliphatic rings. The Kier molecular flexibility index (Phi) is 52.0. The zero-order valence-electron chi connectivity index (χ0n) is 40.7. The maximum Gasteiger partial charge on any atom is 0.631 e. The van der Waals surface area contributed by atoms with Gasteiger partial charge in [0.1, 0.15) is 0 Å². The minimum atomic E-state index is -2.17. The molecule has 0 bridgehead atoms. The Bertz CT molecular complexity index is 496. The summed E-state index contributed by atoms with van der Waals surface area (Å²) in [5, 5.41) is 21.5. The highest BCUT2D eigenvalue weighted by molar-refractivity contribution is 6.30. The van der Waals surface area contributed by atoms with Crippen LogP contribution in [0.15, 0.2) is 0 Å². The fourth-order valence-corrected chi connectivity index (χ4v) is 7.93. The smallest absolute Gasteiger partial charge is 0.402 e. The molecule has 55 heavy (non-hydrogen) atoms. The average molecular weight is 789 g/mol. The monoisotopic (exact) mass is 789 g/mol. The molecular weight excluding hydrogens is 677 g/mol. The van der Waals surface area contributed by atoms with Crippen LogP contribution in [0.3, 0.4) is 0 Å². The van der Waals surface area contributed by atoms with Gasteiger partial charge in [0, 0.05) is 0 Å². The van der Waals surface area contributed by atoms with Crippen LogP contribution >= 0.6 is 0 Å². The summed E-state index contributed by atoms with van der Waals surface area (Å²) in [4.78, 5) is 0. The molecule has 0 radical (unpaired) electrons. The third kappa shape index (κ3) is 40.4. The summed E-state index contributed by atoms with van der Waals surface area (Å²) >= 11 is 0. The molecule has 0 aliphatic heterocycles. The lowest BCUT2D eigenvalue weighted by Gasteiger charge is -2.39. The summed E-state index contributed by atoms with van der Waals surface area (Å²) in [7, 11) is -2.17. The molecule has 0 heterocycles. The van der Waals surface area contributed by atoms with Gasteiger partial charge in [-0.25, -0.2) is 0 Å². The van der Waals surface area contributed by atoms with Crippen molar-refractivity contribution in [3.63, 3.8) is 0 Å². The van der Waals surface area contributed by atoms with Gasteiger partial charge in [0.05, 0.1) is 78.5 Å². The Morgan fingerprint density at radius 1 is 0.218 bits per heavy atom. The van der Waals surface area contributed by atoms with E-state index in [2.05, 4.69) is 83.1 Å². The highest BCUT2D eigenvalue weighted by Gasteiger charge is 2.26. The van der Waals surface area contributed by atoms with Crippen molar-refractivity contribution >= 4 is 7.32 Å². The molecule has 0 unspecified atom stereocenters. The summed E-state index contributed by atoms with van der Waals surface area (Å²) in [6, 6.07) is 0. The van der Waals surface area contributed by atoms with Gasteiger partial charge in [-0.15, -0.1) is 0 Å². The molecule has 0 atom stereocenters. The summed E-state index contributed by atoms with van der Waals surface area (Å²) in [6.45, 7) is 45.1. The van der Waals surface area contributed by atoms with E-state index in [1.54, 1.807) is 0 Å². The predicted octanol–water partition coefficient (Wildman–Crippen LogP) is 13.0. The van der Waals surface area contributed by atoms with Crippen LogP contribution in [0.2, 0.25) is 0 Å². The van der Waals surface area contributed by atoms with E-state index in [0.29, 0.717) is 0 Å². The molecular formula is C48H111BN3O3+3. The number of unbranched alkanes of at least 4 members (excludes halogenated alkanes) is 12. The Labute approximate surface area is 350 Å². The van der Waals surface area contributed by atoms with E-state index in [1.807, 2.05) is 0 Å². The van der Waals surface area contributed by atoms with Gasteiger partial charge in [-0.2, -0.15) is 0 Å². The van der Waals surface area contributed by atoms with Crippen LogP contribution in [0.1, 0.15) is 237 Å². The maximum absolute atomic E-state index is 7.17. The predicted molar refractivity (Wildman–Crippen MR) is 250 cm³/mol. The summed E-state index contributed by atoms with van der Waals surface area (Å²) in [6.07, 6.45) is 33.2. The Hall–Kier alpha value is -0.175. The number of nitrogens with zero attached hydrogens (tertiary/aromatic N) is 3. The third-order valence-corrected chi connectivity index (χ3v) is 11.8. The standard InChI is InChI=1S/3C16H36N.BH3O3/c3*1-5-9-13-17(14-10-6-2,15-11-7-3)16-12-8-4;2-1(3)4/h3*5-16H2,1-4H3;2-4H/q3*+1;. The van der Waals surface area contributed by atoms with E-state index in [-0.39, 0.29) is 0 Å². The first-order valence-corrected chi connectivity index (χ1v) is 25.1. The molecule has 7 heteroatoms. The van der Waals surface area contributed by atoms with Crippen LogP contribution in [-0.2, 0) is 0 Å². The van der Waals surface area contributed by atoms with E-state index in [1.165, 1.54) is 246 Å². The van der Waals surface area contributed by atoms with Crippen molar-refractivity contribution in [3.8, 4) is 0 Å². The van der Waals surface area contributed by atoms with Crippen molar-refractivity contribution < 1.29 is 28.5 Å². The van der Waals surface area contributed by atoms with Gasteiger partial charge in [-0.05, 0) is 77.0 Å². The van der Waals surface area contributed by atoms with E-state index >= 15 is 0 Å². The van der Waals surface area contributed by atoms with Crippen LogP contribution in [-0.4, -0.2) is 114 Å². The van der Waals surface area contributed by atoms with E-state index in [4.69, 9.17) is 15.1 Å². The molecule has 336 valence electrons. The Balaban J connectivity index is -0.000000337. The van der Waals surface area contributed by atoms with Crippen molar-refractivity contribution in [1.82, 2.24) is 0 Å². The minimum Gasteiger partial charge on any atom is -0.402 e. The number of rotatable bonds is 36. The molecule has 0 spiro atoms. The molecule has 6 nitrogen and oxygen atoms in total. The van der Waals surface area contributed by atoms with Crippen LogP contribution in [0, 0.1) is 0 Å². The minimum absolute atomic E-state index is 1.35. The third-order valence-electron chi connectivity index (χ3n) is 11.8. The second-order valence-electron chi connectivity index (χ2n) is 17.3. The molecule has 0 aliphatic carbocycles. The molecule has 0 aromatic heterocycles. The van der Waals surface area contributed by atoms with Gasteiger partial charge in [0.2, 0.25) is 0 Å². The van der Waals surface area contributed by atoms with Crippen LogP contribution < -0.4 is 0 Å². The molecule has 0 saturated heterocycles. The van der Waals surface area contributed by atoms with Gasteiger partial charge in [0.15, 0.2) is 0 Å². The van der Waals surface area contributed by atoms with Gasteiger partial charge in [-0.3, -0.25) is 0 Å². The van der Waals surface area contributed by atoms with E-state index < -0.39 is 7.32 Å². The van der Waals surface area contributed by atoms with Crippen molar-refractivity contribution in [2.45, 2.75) is 237 Å². The van der Waals surface area contributed by atoms with Gasteiger partial charge < -0.3 is 28.5 Å². The molecule has 0 saturated carbocycles. The van der Waals surface area contributed by atoms with Gasteiger partial charge in [0.25, 0.3) is 0 Å². The fourth-order valence-electron chi connectivity index (χ4n) is 7.93. The Morgan fingerprint density at radius 2 is 0.291 bits per heavy atom. The van der Waals surface area contributed by atoms with Crippen LogP contribution in [0.25, 0.3) is 0 Å². The van der Waals surface area contributed by atoms with Crippen molar-refractivity contribution in [2.24, 2.45) is 0 Å². The number of hydrogen-bond acceptors (Lipinski definition) is 3. The highest BCUT2D eigenvalue weighted by Crippen LogP contribution is 2.19. The van der Waals surface area contributed by atoms with Crippen molar-refractivity contribution in [3.05, 3.63) is 0 Å².